The molecule has 7 nitrogen and oxygen atoms in total. The number of hydrogen-bond acceptors (Lipinski definition) is 5. The van der Waals surface area contributed by atoms with E-state index in [0.717, 1.165) is 6.08 Å². The first kappa shape index (κ1) is 19.0. The van der Waals surface area contributed by atoms with E-state index in [0.29, 0.717) is 0 Å². The van der Waals surface area contributed by atoms with Gasteiger partial charge in [0, 0.05) is 6.08 Å². The molecule has 0 saturated heterocycles. The number of carbonyl (C=O) groups excluding carboxylic acids is 2. The van der Waals surface area contributed by atoms with Gasteiger partial charge in [0.2, 0.25) is 6.08 Å². The van der Waals surface area contributed by atoms with Gasteiger partial charge in [-0.1, -0.05) is 24.8 Å². The highest BCUT2D eigenvalue weighted by Crippen LogP contribution is 2.32. The second-order valence-corrected chi connectivity index (χ2v) is 5.37. The van der Waals surface area contributed by atoms with Gasteiger partial charge in [0.05, 0.1) is 11.8 Å². The predicted molar refractivity (Wildman–Crippen MR) is 76.9 cm³/mol. The summed E-state index contributed by atoms with van der Waals surface area (Å²) in [6, 6.07) is 7.70. The molecule has 0 bridgehead atoms. The Bertz CT molecular complexity index is 547. The van der Waals surface area contributed by atoms with Gasteiger partial charge in [-0.2, -0.15) is 0 Å². The number of benzene rings is 1. The summed E-state index contributed by atoms with van der Waals surface area (Å²) >= 11 is 0. The fourth-order valence-electron chi connectivity index (χ4n) is 1.07. The van der Waals surface area contributed by atoms with Crippen molar-refractivity contribution in [1.82, 2.24) is 0 Å². The molecular formula is C13H16NO6P. The summed E-state index contributed by atoms with van der Waals surface area (Å²) in [5, 5.41) is 0.0648. The van der Waals surface area contributed by atoms with Gasteiger partial charge in [-0.25, -0.2) is 14.6 Å². The molecule has 0 fully saturated rings. The van der Waals surface area contributed by atoms with Gasteiger partial charge in [0.25, 0.3) is 0 Å². The standard InChI is InChI=1S/C7H9NO3.C6H7O3P/c1-3-7(10)11-6(2)4-8-5-9;7-10(8,9)6-4-2-1-3-5-6/h3,6H,1,4H2,2H3;1-5H,(H2,7,8,9). The maximum absolute atomic E-state index is 10.5. The molecule has 21 heavy (non-hydrogen) atoms. The van der Waals surface area contributed by atoms with Gasteiger partial charge in [-0.05, 0) is 19.1 Å². The minimum atomic E-state index is -4.02. The number of esters is 1. The number of nitrogens with zero attached hydrogens (tertiary/aromatic N) is 1. The quantitative estimate of drug-likeness (QED) is 0.275. The maximum Gasteiger partial charge on any atom is 0.356 e. The Labute approximate surface area is 122 Å². The number of hydrogen-bond donors (Lipinski definition) is 2. The lowest BCUT2D eigenvalue weighted by molar-refractivity contribution is -0.141. The Morgan fingerprint density at radius 2 is 2.05 bits per heavy atom. The minimum absolute atomic E-state index is 0.0648. The molecule has 0 aliphatic carbocycles. The molecule has 0 spiro atoms. The molecule has 0 aliphatic rings. The van der Waals surface area contributed by atoms with Gasteiger partial charge >= 0.3 is 13.6 Å². The number of rotatable bonds is 5. The van der Waals surface area contributed by atoms with E-state index in [9.17, 15) is 14.2 Å². The van der Waals surface area contributed by atoms with Crippen LogP contribution in [0.3, 0.4) is 0 Å². The fourth-order valence-corrected chi connectivity index (χ4v) is 1.63. The van der Waals surface area contributed by atoms with Crippen molar-refractivity contribution in [3.05, 3.63) is 43.0 Å². The zero-order chi connectivity index (χ0) is 16.3. The summed E-state index contributed by atoms with van der Waals surface area (Å²) < 4.78 is 15.2. The Balaban J connectivity index is 0.000000382. The molecule has 2 N–H and O–H groups in total. The van der Waals surface area contributed by atoms with E-state index in [4.69, 9.17) is 9.79 Å². The second-order valence-electron chi connectivity index (χ2n) is 3.76. The van der Waals surface area contributed by atoms with Gasteiger partial charge < -0.3 is 14.5 Å². The van der Waals surface area contributed by atoms with Crippen molar-refractivity contribution < 1.29 is 28.7 Å². The van der Waals surface area contributed by atoms with Crippen LogP contribution >= 0.6 is 7.60 Å². The van der Waals surface area contributed by atoms with E-state index in [1.165, 1.54) is 18.2 Å². The topological polar surface area (TPSA) is 113 Å². The van der Waals surface area contributed by atoms with Crippen molar-refractivity contribution in [2.75, 3.05) is 6.54 Å². The summed E-state index contributed by atoms with van der Waals surface area (Å²) in [4.78, 5) is 40.6. The molecule has 1 aromatic carbocycles. The van der Waals surface area contributed by atoms with Crippen molar-refractivity contribution in [1.29, 1.82) is 0 Å². The monoisotopic (exact) mass is 313 g/mol. The normalized spacial score (nSPS) is 11.2. The molecule has 1 aromatic rings. The summed E-state index contributed by atoms with van der Waals surface area (Å²) in [5.74, 6) is -0.515. The average Bonchev–Trinajstić information content (AvgIpc) is 2.45. The van der Waals surface area contributed by atoms with E-state index < -0.39 is 19.7 Å². The van der Waals surface area contributed by atoms with Crippen LogP contribution in [0.25, 0.3) is 0 Å². The zero-order valence-corrected chi connectivity index (χ0v) is 12.3. The molecule has 1 rings (SSSR count). The van der Waals surface area contributed by atoms with Crippen LogP contribution in [0.5, 0.6) is 0 Å². The SMILES string of the molecule is C=CC(=O)OC(C)CN=C=O.O=P(O)(O)c1ccccc1. The summed E-state index contributed by atoms with van der Waals surface area (Å²) in [5.41, 5.74) is 0. The second kappa shape index (κ2) is 9.80. The molecule has 0 heterocycles. The van der Waals surface area contributed by atoms with Gasteiger partial charge in [-0.3, -0.25) is 4.57 Å². The first-order valence-electron chi connectivity index (χ1n) is 5.79. The van der Waals surface area contributed by atoms with Crippen molar-refractivity contribution in [3.8, 4) is 0 Å². The molecule has 0 amide bonds. The molecule has 1 atom stereocenters. The molecule has 8 heteroatoms. The van der Waals surface area contributed by atoms with Crippen molar-refractivity contribution in [2.24, 2.45) is 4.99 Å². The molecule has 114 valence electrons. The van der Waals surface area contributed by atoms with Crippen LogP contribution in [0.4, 0.5) is 0 Å². The van der Waals surface area contributed by atoms with Gasteiger partial charge in [-0.15, -0.1) is 0 Å². The molecular weight excluding hydrogens is 297 g/mol. The van der Waals surface area contributed by atoms with E-state index in [2.05, 4.69) is 16.3 Å². The summed E-state index contributed by atoms with van der Waals surface area (Å²) in [7, 11) is -4.02. The number of ether oxygens (including phenoxy) is 1. The fraction of sp³-hybridized carbons (Fsp3) is 0.231. The zero-order valence-electron chi connectivity index (χ0n) is 11.4. The van der Waals surface area contributed by atoms with E-state index in [-0.39, 0.29) is 11.8 Å². The third-order valence-corrected chi connectivity index (χ3v) is 2.96. The lowest BCUT2D eigenvalue weighted by atomic mass is 10.4. The molecule has 0 radical (unpaired) electrons. The Morgan fingerprint density at radius 1 is 1.48 bits per heavy atom. The lowest BCUT2D eigenvalue weighted by Gasteiger charge is -2.06. The van der Waals surface area contributed by atoms with Crippen molar-refractivity contribution >= 4 is 24.9 Å². The van der Waals surface area contributed by atoms with Crippen LogP contribution in [0, 0.1) is 0 Å². The van der Waals surface area contributed by atoms with Gasteiger partial charge in [0.1, 0.15) is 6.10 Å². The first-order valence-corrected chi connectivity index (χ1v) is 7.40. The van der Waals surface area contributed by atoms with E-state index >= 15 is 0 Å². The van der Waals surface area contributed by atoms with Crippen LogP contribution in [0.15, 0.2) is 48.0 Å². The van der Waals surface area contributed by atoms with Crippen LogP contribution < -0.4 is 5.30 Å². The smallest absolute Gasteiger partial charge is 0.356 e. The third kappa shape index (κ3) is 9.49. The van der Waals surface area contributed by atoms with E-state index in [1.807, 2.05) is 0 Å². The van der Waals surface area contributed by atoms with E-state index in [1.54, 1.807) is 25.1 Å². The maximum atomic E-state index is 10.5. The number of isocyanates is 1. The van der Waals surface area contributed by atoms with Crippen molar-refractivity contribution in [2.45, 2.75) is 13.0 Å². The van der Waals surface area contributed by atoms with Gasteiger partial charge in [0.15, 0.2) is 0 Å². The lowest BCUT2D eigenvalue weighted by Crippen LogP contribution is -2.15. The Kier molecular flexibility index (Phi) is 8.85. The van der Waals surface area contributed by atoms with Crippen LogP contribution in [-0.4, -0.2) is 34.5 Å². The first-order chi connectivity index (χ1) is 9.81. The van der Waals surface area contributed by atoms with Crippen molar-refractivity contribution in [3.63, 3.8) is 0 Å². The number of aliphatic imine (C=N–C) groups is 1. The van der Waals surface area contributed by atoms with Crippen LogP contribution in [0.1, 0.15) is 6.92 Å². The highest BCUT2D eigenvalue weighted by Gasteiger charge is 2.14. The largest absolute Gasteiger partial charge is 0.458 e. The summed E-state index contributed by atoms with van der Waals surface area (Å²) in [6.07, 6.45) is 2.00. The number of carbonyl (C=O) groups is 1. The minimum Gasteiger partial charge on any atom is -0.458 e. The summed E-state index contributed by atoms with van der Waals surface area (Å²) in [6.45, 7) is 4.98. The molecule has 1 unspecified atom stereocenters. The third-order valence-electron chi connectivity index (χ3n) is 1.99. The van der Waals surface area contributed by atoms with Crippen LogP contribution in [-0.2, 0) is 18.9 Å². The molecule has 0 aliphatic heterocycles. The Hall–Kier alpha value is -2.04. The predicted octanol–water partition coefficient (Wildman–Crippen LogP) is 0.929. The van der Waals surface area contributed by atoms with Crippen LogP contribution in [0.2, 0.25) is 0 Å². The molecule has 0 aromatic heterocycles. The highest BCUT2D eigenvalue weighted by atomic mass is 31.2. The Morgan fingerprint density at radius 3 is 2.43 bits per heavy atom. The molecule has 0 saturated carbocycles. The highest BCUT2D eigenvalue weighted by molar-refractivity contribution is 7.60. The average molecular weight is 313 g/mol.